The summed E-state index contributed by atoms with van der Waals surface area (Å²) in [6.07, 6.45) is 2.06. The Labute approximate surface area is 91.1 Å². The molecule has 1 aromatic rings. The van der Waals surface area contributed by atoms with Crippen molar-refractivity contribution in [1.82, 2.24) is 0 Å². The maximum absolute atomic E-state index is 5.97. The van der Waals surface area contributed by atoms with Crippen LogP contribution in [0.1, 0.15) is 30.5 Å². The first-order valence-electron chi connectivity index (χ1n) is 4.56. The van der Waals surface area contributed by atoms with Crippen LogP contribution < -0.4 is 5.73 Å². The Hall–Kier alpha value is -0.500. The number of nitrogens with two attached hydrogens (primary N) is 1. The SMILES string of the molecule is Br.CCc1cc(C)cc(CC)c1N. The second-order valence-corrected chi connectivity index (χ2v) is 3.20. The second kappa shape index (κ2) is 5.28. The van der Waals surface area contributed by atoms with Crippen LogP contribution in [0.4, 0.5) is 5.69 Å². The molecule has 0 saturated heterocycles. The van der Waals surface area contributed by atoms with Gasteiger partial charge in [-0.25, -0.2) is 0 Å². The number of nitrogen functional groups attached to an aromatic ring is 1. The zero-order valence-electron chi connectivity index (χ0n) is 8.55. The van der Waals surface area contributed by atoms with Crippen molar-refractivity contribution in [3.63, 3.8) is 0 Å². The van der Waals surface area contributed by atoms with Crippen molar-refractivity contribution in [2.45, 2.75) is 33.6 Å². The van der Waals surface area contributed by atoms with Gasteiger partial charge in [0.2, 0.25) is 0 Å². The minimum absolute atomic E-state index is 0. The fourth-order valence-electron chi connectivity index (χ4n) is 1.54. The number of hydrogen-bond acceptors (Lipinski definition) is 1. The maximum atomic E-state index is 5.97. The molecule has 0 atom stereocenters. The Morgan fingerprint density at radius 2 is 1.46 bits per heavy atom. The average molecular weight is 244 g/mol. The number of rotatable bonds is 2. The van der Waals surface area contributed by atoms with Crippen LogP contribution in [0.5, 0.6) is 0 Å². The third-order valence-electron chi connectivity index (χ3n) is 2.26. The van der Waals surface area contributed by atoms with Crippen molar-refractivity contribution < 1.29 is 0 Å². The summed E-state index contributed by atoms with van der Waals surface area (Å²) in [5.74, 6) is 0. The van der Waals surface area contributed by atoms with E-state index in [2.05, 4.69) is 32.9 Å². The van der Waals surface area contributed by atoms with E-state index >= 15 is 0 Å². The van der Waals surface area contributed by atoms with Crippen LogP contribution in [0.2, 0.25) is 0 Å². The molecule has 0 aliphatic carbocycles. The minimum atomic E-state index is 0. The van der Waals surface area contributed by atoms with Gasteiger partial charge in [0.15, 0.2) is 0 Å². The van der Waals surface area contributed by atoms with Crippen LogP contribution in [0.15, 0.2) is 12.1 Å². The van der Waals surface area contributed by atoms with E-state index in [1.165, 1.54) is 16.7 Å². The molecule has 0 aliphatic heterocycles. The van der Waals surface area contributed by atoms with Gasteiger partial charge in [-0.15, -0.1) is 17.0 Å². The molecule has 0 amide bonds. The van der Waals surface area contributed by atoms with Crippen molar-refractivity contribution in [3.05, 3.63) is 28.8 Å². The van der Waals surface area contributed by atoms with Gasteiger partial charge in [-0.3, -0.25) is 0 Å². The van der Waals surface area contributed by atoms with Crippen molar-refractivity contribution in [2.24, 2.45) is 0 Å². The molecule has 0 aliphatic rings. The molecule has 74 valence electrons. The number of anilines is 1. The standard InChI is InChI=1S/C11H17N.BrH/c1-4-9-6-8(3)7-10(5-2)11(9)12;/h6-7H,4-5,12H2,1-3H3;1H. The highest BCUT2D eigenvalue weighted by Gasteiger charge is 2.02. The molecule has 0 aromatic heterocycles. The monoisotopic (exact) mass is 243 g/mol. The number of hydrogen-bond donors (Lipinski definition) is 1. The maximum Gasteiger partial charge on any atom is 0.0379 e. The molecular weight excluding hydrogens is 226 g/mol. The first-order chi connectivity index (χ1) is 5.69. The van der Waals surface area contributed by atoms with Gasteiger partial charge in [0, 0.05) is 5.69 Å². The quantitative estimate of drug-likeness (QED) is 0.794. The van der Waals surface area contributed by atoms with E-state index in [-0.39, 0.29) is 17.0 Å². The van der Waals surface area contributed by atoms with E-state index < -0.39 is 0 Å². The summed E-state index contributed by atoms with van der Waals surface area (Å²) < 4.78 is 0. The first-order valence-corrected chi connectivity index (χ1v) is 4.56. The third-order valence-corrected chi connectivity index (χ3v) is 2.26. The predicted molar refractivity (Wildman–Crippen MR) is 64.7 cm³/mol. The molecule has 0 saturated carbocycles. The first kappa shape index (κ1) is 12.5. The Kier molecular flexibility index (Phi) is 5.07. The summed E-state index contributed by atoms with van der Waals surface area (Å²) in [6, 6.07) is 4.35. The molecule has 1 rings (SSSR count). The molecule has 1 aromatic carbocycles. The Morgan fingerprint density at radius 1 is 1.08 bits per heavy atom. The van der Waals surface area contributed by atoms with Gasteiger partial charge in [-0.05, 0) is 30.9 Å². The summed E-state index contributed by atoms with van der Waals surface area (Å²) in [5.41, 5.74) is 10.9. The van der Waals surface area contributed by atoms with E-state index in [1.807, 2.05) is 0 Å². The topological polar surface area (TPSA) is 26.0 Å². The van der Waals surface area contributed by atoms with E-state index in [1.54, 1.807) is 0 Å². The van der Waals surface area contributed by atoms with Crippen molar-refractivity contribution in [3.8, 4) is 0 Å². The van der Waals surface area contributed by atoms with Gasteiger partial charge in [0.1, 0.15) is 0 Å². The largest absolute Gasteiger partial charge is 0.398 e. The van der Waals surface area contributed by atoms with Crippen molar-refractivity contribution >= 4 is 22.7 Å². The van der Waals surface area contributed by atoms with Gasteiger partial charge < -0.3 is 5.73 Å². The Morgan fingerprint density at radius 3 is 1.77 bits per heavy atom. The Bertz CT molecular complexity index is 256. The van der Waals surface area contributed by atoms with Gasteiger partial charge in [-0.1, -0.05) is 31.5 Å². The lowest BCUT2D eigenvalue weighted by Gasteiger charge is -2.09. The van der Waals surface area contributed by atoms with Crippen molar-refractivity contribution in [1.29, 1.82) is 0 Å². The Balaban J connectivity index is 0.00000144. The molecule has 2 heteroatoms. The smallest absolute Gasteiger partial charge is 0.0379 e. The third kappa shape index (κ3) is 2.73. The predicted octanol–water partition coefficient (Wildman–Crippen LogP) is 3.28. The van der Waals surface area contributed by atoms with E-state index in [4.69, 9.17) is 5.73 Å². The summed E-state index contributed by atoms with van der Waals surface area (Å²) in [4.78, 5) is 0. The fraction of sp³-hybridized carbons (Fsp3) is 0.455. The lowest BCUT2D eigenvalue weighted by molar-refractivity contribution is 1.08. The number of benzene rings is 1. The summed E-state index contributed by atoms with van der Waals surface area (Å²) >= 11 is 0. The molecule has 2 N–H and O–H groups in total. The average Bonchev–Trinajstić information content (AvgIpc) is 2.08. The molecular formula is C11H18BrN. The van der Waals surface area contributed by atoms with Crippen LogP contribution in [-0.2, 0) is 12.8 Å². The molecule has 13 heavy (non-hydrogen) atoms. The van der Waals surface area contributed by atoms with Gasteiger partial charge in [0.05, 0.1) is 0 Å². The lowest BCUT2D eigenvalue weighted by atomic mass is 10.0. The van der Waals surface area contributed by atoms with Gasteiger partial charge in [0.25, 0.3) is 0 Å². The normalized spacial score (nSPS) is 9.46. The molecule has 0 fully saturated rings. The number of aryl methyl sites for hydroxylation is 3. The highest BCUT2D eigenvalue weighted by atomic mass is 79.9. The summed E-state index contributed by atoms with van der Waals surface area (Å²) in [7, 11) is 0. The molecule has 0 bridgehead atoms. The van der Waals surface area contributed by atoms with Crippen molar-refractivity contribution in [2.75, 3.05) is 5.73 Å². The van der Waals surface area contributed by atoms with E-state index in [9.17, 15) is 0 Å². The molecule has 0 heterocycles. The van der Waals surface area contributed by atoms with Gasteiger partial charge in [-0.2, -0.15) is 0 Å². The van der Waals surface area contributed by atoms with Crippen LogP contribution in [-0.4, -0.2) is 0 Å². The van der Waals surface area contributed by atoms with Crippen LogP contribution in [0.25, 0.3) is 0 Å². The zero-order valence-corrected chi connectivity index (χ0v) is 10.3. The molecule has 0 spiro atoms. The van der Waals surface area contributed by atoms with E-state index in [0.717, 1.165) is 18.5 Å². The molecule has 0 radical (unpaired) electrons. The lowest BCUT2D eigenvalue weighted by Crippen LogP contribution is -1.99. The van der Waals surface area contributed by atoms with Crippen LogP contribution in [0.3, 0.4) is 0 Å². The van der Waals surface area contributed by atoms with E-state index in [0.29, 0.717) is 0 Å². The summed E-state index contributed by atoms with van der Waals surface area (Å²) in [6.45, 7) is 6.41. The highest BCUT2D eigenvalue weighted by Crippen LogP contribution is 2.20. The molecule has 0 unspecified atom stereocenters. The summed E-state index contributed by atoms with van der Waals surface area (Å²) in [5, 5.41) is 0. The van der Waals surface area contributed by atoms with Gasteiger partial charge >= 0.3 is 0 Å². The number of halogens is 1. The fourth-order valence-corrected chi connectivity index (χ4v) is 1.54. The van der Waals surface area contributed by atoms with Crippen LogP contribution >= 0.6 is 17.0 Å². The second-order valence-electron chi connectivity index (χ2n) is 3.20. The van der Waals surface area contributed by atoms with Crippen LogP contribution in [0, 0.1) is 6.92 Å². The minimum Gasteiger partial charge on any atom is -0.398 e. The molecule has 1 nitrogen and oxygen atoms in total. The zero-order chi connectivity index (χ0) is 9.14. The highest BCUT2D eigenvalue weighted by molar-refractivity contribution is 8.93.